The summed E-state index contributed by atoms with van der Waals surface area (Å²) in [7, 11) is -3.72. The van der Waals surface area contributed by atoms with Gasteiger partial charge in [0.2, 0.25) is 10.0 Å². The van der Waals surface area contributed by atoms with Crippen molar-refractivity contribution in [2.24, 2.45) is 0 Å². The third-order valence-electron chi connectivity index (χ3n) is 3.81. The summed E-state index contributed by atoms with van der Waals surface area (Å²) in [5.41, 5.74) is 1.52. The summed E-state index contributed by atoms with van der Waals surface area (Å²) in [6.45, 7) is 3.83. The van der Waals surface area contributed by atoms with Gasteiger partial charge in [-0.05, 0) is 43.7 Å². The average Bonchev–Trinajstić information content (AvgIpc) is 2.61. The van der Waals surface area contributed by atoms with E-state index in [-0.39, 0.29) is 23.9 Å². The number of hydrogen-bond donors (Lipinski definition) is 4. The molecule has 26 heavy (non-hydrogen) atoms. The minimum Gasteiger partial charge on any atom is -0.392 e. The number of nitrogens with one attached hydrogen (secondary N) is 2. The number of anilines is 1. The summed E-state index contributed by atoms with van der Waals surface area (Å²) < 4.78 is 27.0. The van der Waals surface area contributed by atoms with E-state index in [1.807, 2.05) is 19.9 Å². The van der Waals surface area contributed by atoms with E-state index >= 15 is 0 Å². The lowest BCUT2D eigenvalue weighted by atomic mass is 10.0. The smallest absolute Gasteiger partial charge is 0.240 e. The van der Waals surface area contributed by atoms with Crippen LogP contribution in [-0.2, 0) is 10.0 Å². The van der Waals surface area contributed by atoms with E-state index in [9.17, 15) is 18.6 Å². The Hall–Kier alpha value is -1.93. The van der Waals surface area contributed by atoms with Crippen LogP contribution in [0.4, 0.5) is 5.69 Å². The fraction of sp³-hybridized carbons (Fsp3) is 0.368. The Bertz CT molecular complexity index is 777. The topological polar surface area (TPSA) is 98.7 Å². The van der Waals surface area contributed by atoms with Crippen LogP contribution in [0.15, 0.2) is 59.5 Å². The third-order valence-corrected chi connectivity index (χ3v) is 5.25. The molecule has 0 saturated carbocycles. The Morgan fingerprint density at radius 2 is 1.58 bits per heavy atom. The van der Waals surface area contributed by atoms with Gasteiger partial charge in [0, 0.05) is 24.7 Å². The number of hydrogen-bond acceptors (Lipinski definition) is 5. The Labute approximate surface area is 154 Å². The fourth-order valence-corrected chi connectivity index (χ4v) is 3.58. The van der Waals surface area contributed by atoms with Gasteiger partial charge in [0.1, 0.15) is 0 Å². The molecular weight excluding hydrogens is 352 g/mol. The summed E-state index contributed by atoms with van der Waals surface area (Å²) in [6, 6.07) is 15.6. The van der Waals surface area contributed by atoms with Crippen molar-refractivity contribution >= 4 is 15.7 Å². The quantitative estimate of drug-likeness (QED) is 0.537. The molecular formula is C19H26N2O4S. The van der Waals surface area contributed by atoms with Crippen molar-refractivity contribution in [2.75, 3.05) is 11.9 Å². The molecule has 0 saturated heterocycles. The average molecular weight is 378 g/mol. The van der Waals surface area contributed by atoms with E-state index in [1.54, 1.807) is 36.4 Å². The highest BCUT2D eigenvalue weighted by Crippen LogP contribution is 2.18. The first-order valence-corrected chi connectivity index (χ1v) is 10.0. The largest absolute Gasteiger partial charge is 0.392 e. The molecule has 0 amide bonds. The second-order valence-electron chi connectivity index (χ2n) is 6.49. The van der Waals surface area contributed by atoms with Crippen molar-refractivity contribution in [1.82, 2.24) is 4.72 Å². The number of benzene rings is 2. The molecule has 0 aliphatic rings. The molecule has 2 atom stereocenters. The zero-order chi connectivity index (χ0) is 19.2. The molecule has 7 heteroatoms. The van der Waals surface area contributed by atoms with Crippen LogP contribution in [0.1, 0.15) is 31.9 Å². The lowest BCUT2D eigenvalue weighted by Crippen LogP contribution is -2.33. The van der Waals surface area contributed by atoms with Crippen LogP contribution in [0.5, 0.6) is 0 Å². The molecule has 2 aromatic rings. The summed E-state index contributed by atoms with van der Waals surface area (Å²) in [4.78, 5) is 0.127. The predicted octanol–water partition coefficient (Wildman–Crippen LogP) is 2.27. The van der Waals surface area contributed by atoms with Gasteiger partial charge in [-0.3, -0.25) is 0 Å². The Kier molecular flexibility index (Phi) is 7.16. The van der Waals surface area contributed by atoms with E-state index < -0.39 is 22.2 Å². The first kappa shape index (κ1) is 20.4. The third kappa shape index (κ3) is 6.10. The fourth-order valence-electron chi connectivity index (χ4n) is 2.51. The van der Waals surface area contributed by atoms with Crippen molar-refractivity contribution in [3.63, 3.8) is 0 Å². The lowest BCUT2D eigenvalue weighted by Gasteiger charge is -2.17. The second-order valence-corrected chi connectivity index (χ2v) is 8.26. The minimum atomic E-state index is -3.72. The van der Waals surface area contributed by atoms with Crippen molar-refractivity contribution in [3.05, 3.63) is 60.2 Å². The molecule has 0 aromatic heterocycles. The highest BCUT2D eigenvalue weighted by Gasteiger charge is 2.18. The summed E-state index contributed by atoms with van der Waals surface area (Å²) in [5, 5.41) is 23.3. The molecule has 0 spiro atoms. The molecule has 4 N–H and O–H groups in total. The van der Waals surface area contributed by atoms with Crippen molar-refractivity contribution in [3.8, 4) is 0 Å². The highest BCUT2D eigenvalue weighted by atomic mass is 32.2. The van der Waals surface area contributed by atoms with Crippen LogP contribution < -0.4 is 10.0 Å². The van der Waals surface area contributed by atoms with Crippen LogP contribution in [-0.4, -0.2) is 37.3 Å². The van der Waals surface area contributed by atoms with Crippen LogP contribution in [0.2, 0.25) is 0 Å². The standard InChI is InChI=1S/C19H26N2O4S/c1-14(2)21-16-8-10-18(11-9-16)26(24,25)20-13-17(22)12-19(23)15-6-4-3-5-7-15/h3-11,14,17,19-23H,12-13H2,1-2H3/t17-,19?/m1/s1. The molecule has 6 nitrogen and oxygen atoms in total. The van der Waals surface area contributed by atoms with Gasteiger partial charge < -0.3 is 15.5 Å². The highest BCUT2D eigenvalue weighted by molar-refractivity contribution is 7.89. The Balaban J connectivity index is 1.90. The van der Waals surface area contributed by atoms with Crippen LogP contribution in [0.25, 0.3) is 0 Å². The molecule has 1 unspecified atom stereocenters. The summed E-state index contributed by atoms with van der Waals surface area (Å²) >= 11 is 0. The van der Waals surface area contributed by atoms with E-state index in [4.69, 9.17) is 0 Å². The van der Waals surface area contributed by atoms with Gasteiger partial charge in [-0.25, -0.2) is 13.1 Å². The molecule has 2 rings (SSSR count). The van der Waals surface area contributed by atoms with Gasteiger partial charge in [-0.15, -0.1) is 0 Å². The first-order valence-electron chi connectivity index (χ1n) is 8.55. The van der Waals surface area contributed by atoms with Gasteiger partial charge in [0.15, 0.2) is 0 Å². The molecule has 0 radical (unpaired) electrons. The molecule has 0 bridgehead atoms. The van der Waals surface area contributed by atoms with Crippen molar-refractivity contribution < 1.29 is 18.6 Å². The van der Waals surface area contributed by atoms with E-state index in [0.717, 1.165) is 5.69 Å². The Morgan fingerprint density at radius 1 is 0.962 bits per heavy atom. The van der Waals surface area contributed by atoms with E-state index in [2.05, 4.69) is 10.0 Å². The number of sulfonamides is 1. The predicted molar refractivity (Wildman–Crippen MR) is 102 cm³/mol. The first-order chi connectivity index (χ1) is 12.3. The van der Waals surface area contributed by atoms with Gasteiger partial charge in [0.25, 0.3) is 0 Å². The van der Waals surface area contributed by atoms with Gasteiger partial charge in [0.05, 0.1) is 17.1 Å². The molecule has 142 valence electrons. The zero-order valence-corrected chi connectivity index (χ0v) is 15.8. The maximum absolute atomic E-state index is 12.3. The maximum Gasteiger partial charge on any atom is 0.240 e. The van der Waals surface area contributed by atoms with Crippen molar-refractivity contribution in [2.45, 2.75) is 43.4 Å². The van der Waals surface area contributed by atoms with Crippen LogP contribution in [0.3, 0.4) is 0 Å². The SMILES string of the molecule is CC(C)Nc1ccc(S(=O)(=O)NC[C@H](O)CC(O)c2ccccc2)cc1. The zero-order valence-electron chi connectivity index (χ0n) is 15.0. The van der Waals surface area contributed by atoms with Crippen molar-refractivity contribution in [1.29, 1.82) is 0 Å². The number of rotatable bonds is 9. The van der Waals surface area contributed by atoms with E-state index in [1.165, 1.54) is 12.1 Å². The Morgan fingerprint density at radius 3 is 2.15 bits per heavy atom. The summed E-state index contributed by atoms with van der Waals surface area (Å²) in [5.74, 6) is 0. The number of aliphatic hydroxyl groups excluding tert-OH is 2. The van der Waals surface area contributed by atoms with E-state index in [0.29, 0.717) is 5.56 Å². The molecule has 0 aliphatic carbocycles. The van der Waals surface area contributed by atoms with Gasteiger partial charge >= 0.3 is 0 Å². The molecule has 2 aromatic carbocycles. The normalized spacial score (nSPS) is 14.2. The lowest BCUT2D eigenvalue weighted by molar-refractivity contribution is 0.0831. The molecule has 0 heterocycles. The minimum absolute atomic E-state index is 0.0454. The van der Waals surface area contributed by atoms with Gasteiger partial charge in [-0.1, -0.05) is 30.3 Å². The monoisotopic (exact) mass is 378 g/mol. The molecule has 0 aliphatic heterocycles. The van der Waals surface area contributed by atoms with Gasteiger partial charge in [-0.2, -0.15) is 0 Å². The molecule has 0 fully saturated rings. The van der Waals surface area contributed by atoms with Crippen LogP contribution in [0, 0.1) is 0 Å². The number of aliphatic hydroxyl groups is 2. The maximum atomic E-state index is 12.3. The summed E-state index contributed by atoms with van der Waals surface area (Å²) in [6.07, 6.45) is -1.80. The second kappa shape index (κ2) is 9.14. The van der Waals surface area contributed by atoms with Crippen LogP contribution >= 0.6 is 0 Å².